The number of hydrogen-bond donors (Lipinski definition) is 2. The fraction of sp³-hybridized carbons (Fsp3) is 0.167. The molecule has 0 atom stereocenters. The Hall–Kier alpha value is -1.68. The van der Waals surface area contributed by atoms with Crippen LogP contribution in [0.2, 0.25) is 0 Å². The van der Waals surface area contributed by atoms with Crippen LogP contribution in [-0.2, 0) is 24.4 Å². The molecule has 0 aromatic heterocycles. The van der Waals surface area contributed by atoms with Crippen molar-refractivity contribution in [1.29, 1.82) is 0 Å². The van der Waals surface area contributed by atoms with E-state index in [1.165, 1.54) is 6.07 Å². The minimum atomic E-state index is -4.66. The number of anilines is 1. The van der Waals surface area contributed by atoms with Gasteiger partial charge in [-0.15, -0.1) is 0 Å². The molecule has 2 aromatic rings. The highest BCUT2D eigenvalue weighted by molar-refractivity contribution is 7.91. The fourth-order valence-corrected chi connectivity index (χ4v) is 3.63. The van der Waals surface area contributed by atoms with Gasteiger partial charge in [-0.25, -0.2) is 12.6 Å². The third kappa shape index (κ3) is 3.91. The Balaban J connectivity index is 2.36. The number of fused-ring (bicyclic) bond motifs is 1. The minimum Gasteiger partial charge on any atom is -0.399 e. The zero-order valence-electron chi connectivity index (χ0n) is 10.8. The zero-order chi connectivity index (χ0) is 15.7. The molecule has 0 heterocycles. The van der Waals surface area contributed by atoms with E-state index in [0.717, 1.165) is 0 Å². The maximum Gasteiger partial charge on any atom is 0.397 e. The maximum atomic E-state index is 12.2. The van der Waals surface area contributed by atoms with E-state index in [-0.39, 0.29) is 4.90 Å². The van der Waals surface area contributed by atoms with Crippen molar-refractivity contribution >= 4 is 36.7 Å². The smallest absolute Gasteiger partial charge is 0.397 e. The van der Waals surface area contributed by atoms with Gasteiger partial charge in [0.05, 0.1) is 17.3 Å². The van der Waals surface area contributed by atoms with Crippen molar-refractivity contribution in [3.8, 4) is 0 Å². The highest BCUT2D eigenvalue weighted by atomic mass is 32.3. The van der Waals surface area contributed by atoms with Gasteiger partial charge in [0.2, 0.25) is 0 Å². The summed E-state index contributed by atoms with van der Waals surface area (Å²) < 4.78 is 57.8. The lowest BCUT2D eigenvalue weighted by Gasteiger charge is -2.08. The van der Waals surface area contributed by atoms with Gasteiger partial charge in [0.15, 0.2) is 9.84 Å². The molecule has 0 unspecified atom stereocenters. The summed E-state index contributed by atoms with van der Waals surface area (Å²) >= 11 is 0. The molecule has 0 aliphatic carbocycles. The second-order valence-electron chi connectivity index (χ2n) is 4.31. The van der Waals surface area contributed by atoms with Crippen LogP contribution in [0.25, 0.3) is 10.8 Å². The van der Waals surface area contributed by atoms with Crippen LogP contribution in [0.4, 0.5) is 5.69 Å². The first-order valence-electron chi connectivity index (χ1n) is 5.82. The summed E-state index contributed by atoms with van der Waals surface area (Å²) in [5.41, 5.74) is 6.15. The van der Waals surface area contributed by atoms with Crippen LogP contribution >= 0.6 is 0 Å². The van der Waals surface area contributed by atoms with Crippen LogP contribution in [0.1, 0.15) is 0 Å². The Morgan fingerprint density at radius 3 is 2.48 bits per heavy atom. The third-order valence-electron chi connectivity index (χ3n) is 2.78. The summed E-state index contributed by atoms with van der Waals surface area (Å²) in [6.45, 7) is -0.660. The highest BCUT2D eigenvalue weighted by Gasteiger charge is 2.19. The molecule has 2 rings (SSSR count). The Bertz CT molecular complexity index is 874. The van der Waals surface area contributed by atoms with Gasteiger partial charge in [-0.05, 0) is 23.6 Å². The monoisotopic (exact) mass is 331 g/mol. The highest BCUT2D eigenvalue weighted by Crippen LogP contribution is 2.25. The normalized spacial score (nSPS) is 12.6. The first-order chi connectivity index (χ1) is 9.69. The Morgan fingerprint density at radius 2 is 1.81 bits per heavy atom. The van der Waals surface area contributed by atoms with Crippen LogP contribution in [-0.4, -0.2) is 33.7 Å². The maximum absolute atomic E-state index is 12.2. The molecule has 0 aliphatic heterocycles. The van der Waals surface area contributed by atoms with Crippen LogP contribution in [0, 0.1) is 0 Å². The number of benzene rings is 2. The average molecular weight is 331 g/mol. The minimum absolute atomic E-state index is 0.0546. The zero-order valence-corrected chi connectivity index (χ0v) is 12.4. The van der Waals surface area contributed by atoms with Gasteiger partial charge in [0, 0.05) is 11.1 Å². The van der Waals surface area contributed by atoms with E-state index in [2.05, 4.69) is 4.18 Å². The molecule has 0 fully saturated rings. The molecule has 0 radical (unpaired) electrons. The summed E-state index contributed by atoms with van der Waals surface area (Å²) in [5.74, 6) is -0.573. The fourth-order valence-electron chi connectivity index (χ4n) is 1.90. The van der Waals surface area contributed by atoms with Crippen molar-refractivity contribution in [2.45, 2.75) is 4.90 Å². The number of rotatable bonds is 5. The lowest BCUT2D eigenvalue weighted by atomic mass is 10.1. The van der Waals surface area contributed by atoms with Crippen molar-refractivity contribution in [2.75, 3.05) is 18.1 Å². The van der Waals surface area contributed by atoms with E-state index in [1.54, 1.807) is 30.3 Å². The van der Waals surface area contributed by atoms with Crippen LogP contribution in [0.3, 0.4) is 0 Å². The third-order valence-corrected chi connectivity index (χ3v) is 4.98. The predicted octanol–water partition coefficient (Wildman–Crippen LogP) is 1.02. The summed E-state index contributed by atoms with van der Waals surface area (Å²) in [6, 6.07) is 9.51. The van der Waals surface area contributed by atoms with Crippen LogP contribution in [0.15, 0.2) is 41.3 Å². The number of nitrogens with two attached hydrogens (primary N) is 1. The quantitative estimate of drug-likeness (QED) is 0.619. The van der Waals surface area contributed by atoms with Gasteiger partial charge in [-0.3, -0.25) is 4.55 Å². The van der Waals surface area contributed by atoms with Gasteiger partial charge in [-0.1, -0.05) is 18.2 Å². The summed E-state index contributed by atoms with van der Waals surface area (Å²) in [5, 5.41) is 1.14. The largest absolute Gasteiger partial charge is 0.399 e. The molecule has 0 saturated heterocycles. The topological polar surface area (TPSA) is 124 Å². The molecule has 7 nitrogen and oxygen atoms in total. The van der Waals surface area contributed by atoms with Crippen molar-refractivity contribution in [3.63, 3.8) is 0 Å². The molecule has 114 valence electrons. The van der Waals surface area contributed by atoms with E-state index in [9.17, 15) is 16.8 Å². The number of nitrogen functional groups attached to an aromatic ring is 1. The number of hydrogen-bond acceptors (Lipinski definition) is 6. The second kappa shape index (κ2) is 5.60. The summed E-state index contributed by atoms with van der Waals surface area (Å²) in [7, 11) is -8.42. The molecule has 9 heteroatoms. The first-order valence-corrected chi connectivity index (χ1v) is 8.84. The van der Waals surface area contributed by atoms with E-state index < -0.39 is 32.6 Å². The van der Waals surface area contributed by atoms with E-state index in [0.29, 0.717) is 16.5 Å². The van der Waals surface area contributed by atoms with E-state index >= 15 is 0 Å². The summed E-state index contributed by atoms with van der Waals surface area (Å²) in [6.07, 6.45) is 0. The molecule has 0 bridgehead atoms. The molecule has 0 aliphatic rings. The van der Waals surface area contributed by atoms with Crippen LogP contribution in [0.5, 0.6) is 0 Å². The van der Waals surface area contributed by atoms with Crippen molar-refractivity contribution in [3.05, 3.63) is 36.4 Å². The number of sulfone groups is 1. The van der Waals surface area contributed by atoms with E-state index in [4.69, 9.17) is 10.3 Å². The molecule has 21 heavy (non-hydrogen) atoms. The van der Waals surface area contributed by atoms with Gasteiger partial charge < -0.3 is 5.73 Å². The molecule has 0 amide bonds. The lowest BCUT2D eigenvalue weighted by Crippen LogP contribution is -2.15. The van der Waals surface area contributed by atoms with Gasteiger partial charge >= 0.3 is 10.4 Å². The summed E-state index contributed by atoms with van der Waals surface area (Å²) in [4.78, 5) is 0.0546. The molecular formula is C12H13NO6S2. The predicted molar refractivity (Wildman–Crippen MR) is 77.9 cm³/mol. The van der Waals surface area contributed by atoms with Crippen LogP contribution < -0.4 is 5.73 Å². The Morgan fingerprint density at radius 1 is 1.10 bits per heavy atom. The lowest BCUT2D eigenvalue weighted by molar-refractivity contribution is 0.284. The SMILES string of the molecule is Nc1ccc2c(S(=O)(=O)CCOS(=O)(=O)O)cccc2c1. The van der Waals surface area contributed by atoms with Gasteiger partial charge in [0.1, 0.15) is 0 Å². The van der Waals surface area contributed by atoms with Gasteiger partial charge in [0.25, 0.3) is 0 Å². The Kier molecular flexibility index (Phi) is 4.19. The molecule has 2 aromatic carbocycles. The molecule has 3 N–H and O–H groups in total. The van der Waals surface area contributed by atoms with Crippen molar-refractivity contribution in [2.24, 2.45) is 0 Å². The second-order valence-corrected chi connectivity index (χ2v) is 7.47. The molecular weight excluding hydrogens is 318 g/mol. The van der Waals surface area contributed by atoms with E-state index in [1.807, 2.05) is 0 Å². The molecule has 0 saturated carbocycles. The average Bonchev–Trinajstić information content (AvgIpc) is 2.35. The van der Waals surface area contributed by atoms with Crippen molar-refractivity contribution < 1.29 is 25.6 Å². The first kappa shape index (κ1) is 15.7. The Labute approximate surface area is 122 Å². The standard InChI is InChI=1S/C12H13NO6S2/c13-10-4-5-11-9(8-10)2-1-3-12(11)20(14,15)7-6-19-21(16,17)18/h1-5,8H,6-7,13H2,(H,16,17,18). The van der Waals surface area contributed by atoms with Crippen molar-refractivity contribution in [1.82, 2.24) is 0 Å². The molecule has 0 spiro atoms. The van der Waals surface area contributed by atoms with Gasteiger partial charge in [-0.2, -0.15) is 8.42 Å².